The molecule has 130 valence electrons. The van der Waals surface area contributed by atoms with Crippen molar-refractivity contribution in [2.24, 2.45) is 5.92 Å². The maximum Gasteiger partial charge on any atom is 0.243 e. The summed E-state index contributed by atoms with van der Waals surface area (Å²) in [4.78, 5) is 0.203. The van der Waals surface area contributed by atoms with Crippen LogP contribution in [0.5, 0.6) is 0 Å². The molecule has 6 nitrogen and oxygen atoms in total. The smallest absolute Gasteiger partial charge is 0.243 e. The fourth-order valence-corrected chi connectivity index (χ4v) is 4.26. The van der Waals surface area contributed by atoms with E-state index in [-0.39, 0.29) is 31.0 Å². The lowest BCUT2D eigenvalue weighted by Gasteiger charge is -2.42. The van der Waals surface area contributed by atoms with Gasteiger partial charge in [-0.3, -0.25) is 0 Å². The van der Waals surface area contributed by atoms with Gasteiger partial charge in [-0.1, -0.05) is 32.0 Å². The molecular weight excluding hydrogens is 316 g/mol. The number of hydrogen-bond donors (Lipinski definition) is 3. The van der Waals surface area contributed by atoms with Gasteiger partial charge in [0, 0.05) is 19.6 Å². The van der Waals surface area contributed by atoms with E-state index >= 15 is 0 Å². The Labute approximate surface area is 138 Å². The highest BCUT2D eigenvalue weighted by molar-refractivity contribution is 7.89. The molecule has 1 heterocycles. The summed E-state index contributed by atoms with van der Waals surface area (Å²) < 4.78 is 26.6. The van der Waals surface area contributed by atoms with Crippen LogP contribution >= 0.6 is 0 Å². The van der Waals surface area contributed by atoms with Gasteiger partial charge in [0.2, 0.25) is 10.0 Å². The van der Waals surface area contributed by atoms with Gasteiger partial charge in [-0.15, -0.1) is 0 Å². The zero-order valence-electron chi connectivity index (χ0n) is 13.6. The van der Waals surface area contributed by atoms with Crippen LogP contribution in [-0.2, 0) is 10.0 Å². The molecule has 3 N–H and O–H groups in total. The molecule has 0 bridgehead atoms. The Kier molecular flexibility index (Phi) is 5.80. The Hall–Kier alpha value is -0.990. The van der Waals surface area contributed by atoms with Crippen molar-refractivity contribution in [1.82, 2.24) is 9.62 Å². The minimum Gasteiger partial charge on any atom is -0.390 e. The number of nitrogens with one attached hydrogen (secondary N) is 1. The summed E-state index contributed by atoms with van der Waals surface area (Å²) in [6, 6.07) is 8.17. The van der Waals surface area contributed by atoms with E-state index in [9.17, 15) is 18.6 Å². The Bertz CT molecular complexity index is 606. The zero-order chi connectivity index (χ0) is 17.1. The van der Waals surface area contributed by atoms with Crippen LogP contribution in [0.4, 0.5) is 0 Å². The van der Waals surface area contributed by atoms with Crippen molar-refractivity contribution in [3.05, 3.63) is 30.3 Å². The van der Waals surface area contributed by atoms with E-state index in [1.165, 1.54) is 16.4 Å². The monoisotopic (exact) mass is 342 g/mol. The molecule has 1 aromatic carbocycles. The summed E-state index contributed by atoms with van der Waals surface area (Å²) >= 11 is 0. The van der Waals surface area contributed by atoms with Crippen LogP contribution in [0.2, 0.25) is 0 Å². The lowest BCUT2D eigenvalue weighted by atomic mass is 9.90. The second-order valence-corrected chi connectivity index (χ2v) is 8.52. The standard InChI is InChI=1S/C16H26N2O4S/c1-13(2)10-17-11-16(20)12-18(9-8-15(16)19)23(21,22)14-6-4-3-5-7-14/h3-7,13,15,17,19-20H,8-12H2,1-2H3/t15-,16+/m0/s1. The minimum absolute atomic E-state index is 0.115. The molecule has 23 heavy (non-hydrogen) atoms. The normalized spacial score (nSPS) is 26.6. The van der Waals surface area contributed by atoms with E-state index in [0.29, 0.717) is 12.5 Å². The van der Waals surface area contributed by atoms with E-state index in [2.05, 4.69) is 5.32 Å². The Balaban J connectivity index is 2.13. The number of nitrogens with zero attached hydrogens (tertiary/aromatic N) is 1. The lowest BCUT2D eigenvalue weighted by Crippen LogP contribution is -2.62. The predicted molar refractivity (Wildman–Crippen MR) is 88.5 cm³/mol. The van der Waals surface area contributed by atoms with Crippen LogP contribution in [0.3, 0.4) is 0 Å². The zero-order valence-corrected chi connectivity index (χ0v) is 14.5. The highest BCUT2D eigenvalue weighted by Gasteiger charge is 2.44. The third kappa shape index (κ3) is 4.30. The topological polar surface area (TPSA) is 89.9 Å². The van der Waals surface area contributed by atoms with Crippen molar-refractivity contribution in [3.8, 4) is 0 Å². The molecule has 0 aliphatic carbocycles. The molecule has 0 spiro atoms. The maximum absolute atomic E-state index is 12.7. The average Bonchev–Trinajstić information content (AvgIpc) is 2.50. The Morgan fingerprint density at radius 2 is 2.00 bits per heavy atom. The molecular formula is C16H26N2O4S. The number of sulfonamides is 1. The van der Waals surface area contributed by atoms with Crippen LogP contribution in [0, 0.1) is 5.92 Å². The molecule has 1 saturated heterocycles. The Morgan fingerprint density at radius 3 is 2.61 bits per heavy atom. The minimum atomic E-state index is -3.66. The van der Waals surface area contributed by atoms with Gasteiger partial charge in [0.25, 0.3) is 0 Å². The summed E-state index contributed by atoms with van der Waals surface area (Å²) in [6.45, 7) is 5.02. The third-order valence-corrected chi connectivity index (χ3v) is 5.95. The van der Waals surface area contributed by atoms with Crippen LogP contribution in [0.25, 0.3) is 0 Å². The number of piperidine rings is 1. The van der Waals surface area contributed by atoms with Crippen LogP contribution in [0.15, 0.2) is 35.2 Å². The molecule has 7 heteroatoms. The van der Waals surface area contributed by atoms with Gasteiger partial charge < -0.3 is 15.5 Å². The van der Waals surface area contributed by atoms with Gasteiger partial charge >= 0.3 is 0 Å². The van der Waals surface area contributed by atoms with E-state index in [1.54, 1.807) is 18.2 Å². The van der Waals surface area contributed by atoms with E-state index in [1.807, 2.05) is 13.8 Å². The summed E-state index contributed by atoms with van der Waals surface area (Å²) in [5.74, 6) is 0.406. The quantitative estimate of drug-likeness (QED) is 0.697. The SMILES string of the molecule is CC(C)CNC[C@@]1(O)CN(S(=O)(=O)c2ccccc2)CC[C@@H]1O. The number of aliphatic hydroxyl groups excluding tert-OH is 1. The number of benzene rings is 1. The van der Waals surface area contributed by atoms with Crippen molar-refractivity contribution in [2.75, 3.05) is 26.2 Å². The van der Waals surface area contributed by atoms with Crippen molar-refractivity contribution in [2.45, 2.75) is 36.9 Å². The highest BCUT2D eigenvalue weighted by Crippen LogP contribution is 2.26. The molecule has 0 radical (unpaired) electrons. The predicted octanol–water partition coefficient (Wildman–Crippen LogP) is 0.419. The highest BCUT2D eigenvalue weighted by atomic mass is 32.2. The van der Waals surface area contributed by atoms with Gasteiger partial charge in [-0.25, -0.2) is 8.42 Å². The Morgan fingerprint density at radius 1 is 1.35 bits per heavy atom. The van der Waals surface area contributed by atoms with Gasteiger partial charge in [0.05, 0.1) is 11.0 Å². The third-order valence-electron chi connectivity index (χ3n) is 4.09. The van der Waals surface area contributed by atoms with Crippen molar-refractivity contribution < 1.29 is 18.6 Å². The first-order valence-corrected chi connectivity index (χ1v) is 9.36. The second-order valence-electron chi connectivity index (χ2n) is 6.58. The molecule has 0 amide bonds. The molecule has 1 aliphatic rings. The summed E-state index contributed by atoms with van der Waals surface area (Å²) in [5.41, 5.74) is -1.48. The average molecular weight is 342 g/mol. The maximum atomic E-state index is 12.7. The summed E-state index contributed by atoms with van der Waals surface area (Å²) in [5, 5.41) is 24.0. The van der Waals surface area contributed by atoms with Gasteiger partial charge in [0.1, 0.15) is 5.60 Å². The second kappa shape index (κ2) is 7.27. The first kappa shape index (κ1) is 18.4. The summed E-state index contributed by atoms with van der Waals surface area (Å²) in [7, 11) is -3.66. The molecule has 1 fully saturated rings. The van der Waals surface area contributed by atoms with E-state index < -0.39 is 21.7 Å². The van der Waals surface area contributed by atoms with E-state index in [0.717, 1.165) is 0 Å². The van der Waals surface area contributed by atoms with E-state index in [4.69, 9.17) is 0 Å². The number of hydrogen-bond acceptors (Lipinski definition) is 5. The summed E-state index contributed by atoms with van der Waals surface area (Å²) in [6.07, 6.45) is -0.726. The van der Waals surface area contributed by atoms with Crippen LogP contribution in [-0.4, -0.2) is 60.8 Å². The lowest BCUT2D eigenvalue weighted by molar-refractivity contribution is -0.104. The van der Waals surface area contributed by atoms with Crippen LogP contribution in [0.1, 0.15) is 20.3 Å². The fraction of sp³-hybridized carbons (Fsp3) is 0.625. The van der Waals surface area contributed by atoms with Crippen molar-refractivity contribution in [1.29, 1.82) is 0 Å². The van der Waals surface area contributed by atoms with Gasteiger partial charge in [0.15, 0.2) is 0 Å². The molecule has 0 unspecified atom stereocenters. The first-order chi connectivity index (χ1) is 10.8. The van der Waals surface area contributed by atoms with Crippen molar-refractivity contribution >= 4 is 10.0 Å². The molecule has 2 rings (SSSR count). The molecule has 2 atom stereocenters. The number of aliphatic hydroxyl groups is 2. The van der Waals surface area contributed by atoms with Gasteiger partial charge in [-0.2, -0.15) is 4.31 Å². The largest absolute Gasteiger partial charge is 0.390 e. The van der Waals surface area contributed by atoms with Crippen LogP contribution < -0.4 is 5.32 Å². The molecule has 1 aliphatic heterocycles. The van der Waals surface area contributed by atoms with Crippen molar-refractivity contribution in [3.63, 3.8) is 0 Å². The molecule has 0 aromatic heterocycles. The fourth-order valence-electron chi connectivity index (χ4n) is 2.72. The molecule has 1 aromatic rings. The number of β-amino-alcohol motifs (C(OH)–C–C–N with tert-alkyl or cyclic N) is 1. The molecule has 0 saturated carbocycles. The van der Waals surface area contributed by atoms with Gasteiger partial charge in [-0.05, 0) is 31.0 Å². The number of rotatable bonds is 6. The first-order valence-electron chi connectivity index (χ1n) is 7.92.